The second-order valence-corrected chi connectivity index (χ2v) is 7.10. The molecule has 1 aliphatic rings. The van der Waals surface area contributed by atoms with Crippen LogP contribution in [0.3, 0.4) is 0 Å². The molecule has 1 fully saturated rings. The van der Waals surface area contributed by atoms with Gasteiger partial charge in [0.2, 0.25) is 11.8 Å². The number of aromatic nitrogens is 1. The maximum absolute atomic E-state index is 12.1. The number of thiazole rings is 1. The van der Waals surface area contributed by atoms with E-state index in [-0.39, 0.29) is 30.7 Å². The average molecular weight is 380 g/mol. The number of imide groups is 1. The molecule has 0 bridgehead atoms. The molecule has 2 aromatic carbocycles. The van der Waals surface area contributed by atoms with E-state index in [9.17, 15) is 14.4 Å². The number of rotatable bonds is 4. The molecule has 1 aliphatic heterocycles. The standard InChI is InChI=1S/C19H16N4O3S/c24-16-8-9-17(25)23(16)19-22-14-7-6-13(10-15(14)27-19)21-18(26)20-11-12-4-2-1-3-5-12/h1-7,10H,8-9,11H2,(H2,20,21,26). The van der Waals surface area contributed by atoms with Gasteiger partial charge in [-0.2, -0.15) is 0 Å². The molecule has 8 heteroatoms. The van der Waals surface area contributed by atoms with Crippen molar-refractivity contribution in [2.45, 2.75) is 19.4 Å². The molecule has 3 aromatic rings. The maximum Gasteiger partial charge on any atom is 0.319 e. The Labute approximate surface area is 159 Å². The first-order valence-electron chi connectivity index (χ1n) is 8.45. The van der Waals surface area contributed by atoms with Crippen LogP contribution < -0.4 is 15.5 Å². The van der Waals surface area contributed by atoms with Crippen LogP contribution in [-0.2, 0) is 16.1 Å². The molecule has 27 heavy (non-hydrogen) atoms. The zero-order valence-electron chi connectivity index (χ0n) is 14.3. The van der Waals surface area contributed by atoms with Crippen molar-refractivity contribution in [3.63, 3.8) is 0 Å². The SMILES string of the molecule is O=C(NCc1ccccc1)Nc1ccc2nc(N3C(=O)CCC3=O)sc2c1. The van der Waals surface area contributed by atoms with Crippen molar-refractivity contribution in [1.29, 1.82) is 0 Å². The number of urea groups is 1. The highest BCUT2D eigenvalue weighted by molar-refractivity contribution is 7.22. The Bertz CT molecular complexity index is 1020. The summed E-state index contributed by atoms with van der Waals surface area (Å²) in [6.45, 7) is 0.429. The zero-order chi connectivity index (χ0) is 18.8. The number of carbonyl (C=O) groups excluding carboxylic acids is 3. The van der Waals surface area contributed by atoms with E-state index in [2.05, 4.69) is 15.6 Å². The van der Waals surface area contributed by atoms with E-state index in [1.54, 1.807) is 18.2 Å². The van der Waals surface area contributed by atoms with Gasteiger partial charge < -0.3 is 10.6 Å². The van der Waals surface area contributed by atoms with E-state index in [0.717, 1.165) is 15.2 Å². The number of nitrogens with zero attached hydrogens (tertiary/aromatic N) is 2. The van der Waals surface area contributed by atoms with Gasteiger partial charge in [0.25, 0.3) is 0 Å². The van der Waals surface area contributed by atoms with E-state index in [4.69, 9.17) is 0 Å². The first-order chi connectivity index (χ1) is 13.1. The van der Waals surface area contributed by atoms with Crippen molar-refractivity contribution in [3.8, 4) is 0 Å². The van der Waals surface area contributed by atoms with Crippen LogP contribution in [0.5, 0.6) is 0 Å². The molecule has 0 unspecified atom stereocenters. The van der Waals surface area contributed by atoms with Crippen molar-refractivity contribution in [2.75, 3.05) is 10.2 Å². The van der Waals surface area contributed by atoms with Gasteiger partial charge >= 0.3 is 6.03 Å². The topological polar surface area (TPSA) is 91.4 Å². The molecular weight excluding hydrogens is 364 g/mol. The van der Waals surface area contributed by atoms with Crippen LogP contribution in [0.25, 0.3) is 10.2 Å². The largest absolute Gasteiger partial charge is 0.334 e. The van der Waals surface area contributed by atoms with Crippen molar-refractivity contribution in [1.82, 2.24) is 10.3 Å². The van der Waals surface area contributed by atoms with Gasteiger partial charge in [0.15, 0.2) is 5.13 Å². The highest BCUT2D eigenvalue weighted by Gasteiger charge is 2.32. The number of anilines is 2. The molecular formula is C19H16N4O3S. The number of benzene rings is 2. The number of amides is 4. The Hall–Kier alpha value is -3.26. The summed E-state index contributed by atoms with van der Waals surface area (Å²) in [6.07, 6.45) is 0.451. The smallest absolute Gasteiger partial charge is 0.319 e. The van der Waals surface area contributed by atoms with Crippen LogP contribution >= 0.6 is 11.3 Å². The summed E-state index contributed by atoms with van der Waals surface area (Å²) in [6, 6.07) is 14.6. The molecule has 0 spiro atoms. The summed E-state index contributed by atoms with van der Waals surface area (Å²) >= 11 is 1.25. The average Bonchev–Trinajstić information content (AvgIpc) is 3.22. The maximum atomic E-state index is 12.1. The molecule has 1 saturated heterocycles. The molecule has 4 amide bonds. The number of hydrogen-bond donors (Lipinski definition) is 2. The van der Waals surface area contributed by atoms with Gasteiger partial charge in [0.1, 0.15) is 0 Å². The summed E-state index contributed by atoms with van der Waals surface area (Å²) < 4.78 is 0.790. The van der Waals surface area contributed by atoms with Crippen molar-refractivity contribution in [2.24, 2.45) is 0 Å². The molecule has 1 aromatic heterocycles. The van der Waals surface area contributed by atoms with E-state index in [1.165, 1.54) is 11.3 Å². The van der Waals surface area contributed by atoms with Gasteiger partial charge in [-0.25, -0.2) is 14.7 Å². The second-order valence-electron chi connectivity index (χ2n) is 6.10. The fraction of sp³-hybridized carbons (Fsp3) is 0.158. The zero-order valence-corrected chi connectivity index (χ0v) is 15.1. The predicted molar refractivity (Wildman–Crippen MR) is 104 cm³/mol. The number of nitrogens with one attached hydrogen (secondary N) is 2. The fourth-order valence-corrected chi connectivity index (χ4v) is 3.87. The first-order valence-corrected chi connectivity index (χ1v) is 9.27. The monoisotopic (exact) mass is 380 g/mol. The van der Waals surface area contributed by atoms with Crippen LogP contribution in [0, 0.1) is 0 Å². The van der Waals surface area contributed by atoms with Crippen molar-refractivity contribution < 1.29 is 14.4 Å². The van der Waals surface area contributed by atoms with E-state index >= 15 is 0 Å². The Balaban J connectivity index is 1.46. The Morgan fingerprint density at radius 2 is 1.81 bits per heavy atom. The predicted octanol–water partition coefficient (Wildman–Crippen LogP) is 3.27. The van der Waals surface area contributed by atoms with Crippen LogP contribution in [0.4, 0.5) is 15.6 Å². The third-order valence-corrected chi connectivity index (χ3v) is 5.18. The third-order valence-electron chi connectivity index (χ3n) is 4.17. The molecule has 0 aliphatic carbocycles. The summed E-state index contributed by atoms with van der Waals surface area (Å²) in [5, 5.41) is 5.96. The second kappa shape index (κ2) is 7.16. The minimum atomic E-state index is -0.312. The fourth-order valence-electron chi connectivity index (χ4n) is 2.83. The summed E-state index contributed by atoms with van der Waals surface area (Å²) in [5.74, 6) is -0.449. The van der Waals surface area contributed by atoms with Crippen LogP contribution in [-0.4, -0.2) is 22.8 Å². The Kier molecular flexibility index (Phi) is 4.55. The van der Waals surface area contributed by atoms with E-state index in [0.29, 0.717) is 22.9 Å². The highest BCUT2D eigenvalue weighted by Crippen LogP contribution is 2.33. The molecule has 136 valence electrons. The summed E-state index contributed by atoms with van der Waals surface area (Å²) in [7, 11) is 0. The normalized spacial score (nSPS) is 14.0. The Morgan fingerprint density at radius 1 is 1.07 bits per heavy atom. The number of fused-ring (bicyclic) bond motifs is 1. The van der Waals surface area contributed by atoms with E-state index in [1.807, 2.05) is 30.3 Å². The van der Waals surface area contributed by atoms with E-state index < -0.39 is 0 Å². The van der Waals surface area contributed by atoms with Gasteiger partial charge in [-0.3, -0.25) is 9.59 Å². The minimum Gasteiger partial charge on any atom is -0.334 e. The summed E-state index contributed by atoms with van der Waals surface area (Å²) in [5.41, 5.74) is 2.30. The third kappa shape index (κ3) is 3.65. The molecule has 2 N–H and O–H groups in total. The number of hydrogen-bond acceptors (Lipinski definition) is 5. The molecule has 7 nitrogen and oxygen atoms in total. The lowest BCUT2D eigenvalue weighted by Gasteiger charge is -2.07. The molecule has 0 saturated carbocycles. The van der Waals surface area contributed by atoms with Crippen LogP contribution in [0.2, 0.25) is 0 Å². The van der Waals surface area contributed by atoms with Crippen LogP contribution in [0.1, 0.15) is 18.4 Å². The highest BCUT2D eigenvalue weighted by atomic mass is 32.1. The Morgan fingerprint density at radius 3 is 2.56 bits per heavy atom. The van der Waals surface area contributed by atoms with Crippen molar-refractivity contribution in [3.05, 3.63) is 54.1 Å². The lowest BCUT2D eigenvalue weighted by Crippen LogP contribution is -2.28. The van der Waals surface area contributed by atoms with Gasteiger partial charge in [-0.05, 0) is 23.8 Å². The van der Waals surface area contributed by atoms with Gasteiger partial charge in [0.05, 0.1) is 10.2 Å². The van der Waals surface area contributed by atoms with Gasteiger partial charge in [-0.1, -0.05) is 41.7 Å². The van der Waals surface area contributed by atoms with Gasteiger partial charge in [-0.15, -0.1) is 0 Å². The molecule has 0 atom stereocenters. The summed E-state index contributed by atoms with van der Waals surface area (Å²) in [4.78, 5) is 41.3. The number of carbonyl (C=O) groups is 3. The quantitative estimate of drug-likeness (QED) is 0.680. The van der Waals surface area contributed by atoms with Crippen LogP contribution in [0.15, 0.2) is 48.5 Å². The molecule has 2 heterocycles. The lowest BCUT2D eigenvalue weighted by atomic mass is 10.2. The lowest BCUT2D eigenvalue weighted by molar-refractivity contribution is -0.121. The molecule has 4 rings (SSSR count). The first kappa shape index (κ1) is 17.2. The molecule has 0 radical (unpaired) electrons. The van der Waals surface area contributed by atoms with Crippen molar-refractivity contribution >= 4 is 50.2 Å². The minimum absolute atomic E-state index is 0.224. The van der Waals surface area contributed by atoms with Gasteiger partial charge in [0, 0.05) is 25.1 Å².